The largest absolute Gasteiger partial charge is 0.356 e. The molecular weight excluding hydrogens is 366 g/mol. The topological polar surface area (TPSA) is 80.1 Å². The lowest BCUT2D eigenvalue weighted by molar-refractivity contribution is -0.126. The van der Waals surface area contributed by atoms with Gasteiger partial charge in [0.2, 0.25) is 5.91 Å². The maximum Gasteiger partial charge on any atom is 0.254 e. The van der Waals surface area contributed by atoms with Gasteiger partial charge in [0.15, 0.2) is 5.65 Å². The van der Waals surface area contributed by atoms with Gasteiger partial charge in [-0.3, -0.25) is 9.59 Å². The van der Waals surface area contributed by atoms with E-state index in [1.807, 2.05) is 22.6 Å². The van der Waals surface area contributed by atoms with Crippen LogP contribution in [-0.2, 0) is 4.79 Å². The molecule has 0 radical (unpaired) electrons. The number of likely N-dealkylation sites (tertiary alicyclic amines) is 1. The van der Waals surface area contributed by atoms with E-state index >= 15 is 0 Å². The zero-order valence-electron chi connectivity index (χ0n) is 17.6. The van der Waals surface area contributed by atoms with E-state index in [0.717, 1.165) is 55.4 Å². The summed E-state index contributed by atoms with van der Waals surface area (Å²) in [7, 11) is 0. The normalized spacial score (nSPS) is 17.9. The number of carbonyl (C=O) groups is 2. The molecule has 1 saturated heterocycles. The molecule has 1 N–H and O–H groups in total. The lowest BCUT2D eigenvalue weighted by atomic mass is 9.95. The molecule has 2 aliphatic rings. The van der Waals surface area contributed by atoms with Crippen LogP contribution in [0.5, 0.6) is 0 Å². The summed E-state index contributed by atoms with van der Waals surface area (Å²) >= 11 is 0. The third-order valence-electron chi connectivity index (χ3n) is 6.00. The molecule has 0 bridgehead atoms. The summed E-state index contributed by atoms with van der Waals surface area (Å²) in [6, 6.07) is 2.17. The van der Waals surface area contributed by atoms with E-state index in [9.17, 15) is 9.59 Å². The average Bonchev–Trinajstić information content (AvgIpc) is 3.49. The first-order valence-corrected chi connectivity index (χ1v) is 10.9. The van der Waals surface area contributed by atoms with Gasteiger partial charge in [0.25, 0.3) is 5.91 Å². The number of fused-ring (bicyclic) bond motifs is 1. The number of nitrogens with zero attached hydrogens (tertiary/aromatic N) is 4. The summed E-state index contributed by atoms with van der Waals surface area (Å²) < 4.78 is 1.91. The molecule has 1 aliphatic heterocycles. The SMILES string of the molecule is CCCNC(=O)C1CCN(C(=O)c2cc(C3CC3)nc3c2cnn3C(C)C)CC1. The van der Waals surface area contributed by atoms with Crippen LogP contribution in [0, 0.1) is 5.92 Å². The van der Waals surface area contributed by atoms with Gasteiger partial charge in [-0.15, -0.1) is 0 Å². The molecule has 1 aliphatic carbocycles. The summed E-state index contributed by atoms with van der Waals surface area (Å²) in [5, 5.41) is 8.31. The number of carbonyl (C=O) groups excluding carboxylic acids is 2. The summed E-state index contributed by atoms with van der Waals surface area (Å²) in [5.74, 6) is 0.637. The Bertz CT molecular complexity index is 907. The molecule has 1 saturated carbocycles. The van der Waals surface area contributed by atoms with Gasteiger partial charge < -0.3 is 10.2 Å². The predicted molar refractivity (Wildman–Crippen MR) is 112 cm³/mol. The number of aromatic nitrogens is 3. The maximum absolute atomic E-state index is 13.4. The van der Waals surface area contributed by atoms with Crippen molar-refractivity contribution in [3.63, 3.8) is 0 Å². The molecular formula is C22H31N5O2. The van der Waals surface area contributed by atoms with E-state index in [0.29, 0.717) is 24.6 Å². The second kappa shape index (κ2) is 8.13. The predicted octanol–water partition coefficient (Wildman–Crippen LogP) is 3.27. The highest BCUT2D eigenvalue weighted by Crippen LogP contribution is 2.40. The number of rotatable bonds is 6. The first-order chi connectivity index (χ1) is 14.0. The number of nitrogens with one attached hydrogen (secondary N) is 1. The van der Waals surface area contributed by atoms with E-state index in [1.54, 1.807) is 6.20 Å². The van der Waals surface area contributed by atoms with E-state index < -0.39 is 0 Å². The van der Waals surface area contributed by atoms with E-state index in [4.69, 9.17) is 4.98 Å². The minimum atomic E-state index is 0.00813. The Labute approximate surface area is 171 Å². The Kier molecular flexibility index (Phi) is 5.56. The third kappa shape index (κ3) is 4.00. The molecule has 0 unspecified atom stereocenters. The smallest absolute Gasteiger partial charge is 0.254 e. The summed E-state index contributed by atoms with van der Waals surface area (Å²) in [6.45, 7) is 8.15. The summed E-state index contributed by atoms with van der Waals surface area (Å²) in [6.07, 6.45) is 6.43. The van der Waals surface area contributed by atoms with Crippen LogP contribution in [0.2, 0.25) is 0 Å². The van der Waals surface area contributed by atoms with Crippen LogP contribution in [0.3, 0.4) is 0 Å². The van der Waals surface area contributed by atoms with Crippen molar-refractivity contribution in [1.82, 2.24) is 25.0 Å². The fourth-order valence-electron chi connectivity index (χ4n) is 4.09. The minimum Gasteiger partial charge on any atom is -0.356 e. The van der Waals surface area contributed by atoms with Gasteiger partial charge in [-0.1, -0.05) is 6.92 Å². The molecule has 3 heterocycles. The zero-order chi connectivity index (χ0) is 20.5. The lowest BCUT2D eigenvalue weighted by Crippen LogP contribution is -2.43. The van der Waals surface area contributed by atoms with Crippen molar-refractivity contribution in [3.8, 4) is 0 Å². The fraction of sp³-hybridized carbons (Fsp3) is 0.636. The van der Waals surface area contributed by atoms with Crippen LogP contribution in [0.1, 0.15) is 80.9 Å². The number of amides is 2. The van der Waals surface area contributed by atoms with Crippen molar-refractivity contribution in [1.29, 1.82) is 0 Å². The Hall–Kier alpha value is -2.44. The van der Waals surface area contributed by atoms with Gasteiger partial charge in [-0.25, -0.2) is 9.67 Å². The van der Waals surface area contributed by atoms with E-state index in [-0.39, 0.29) is 23.8 Å². The van der Waals surface area contributed by atoms with Crippen LogP contribution in [0.15, 0.2) is 12.3 Å². The second-order valence-electron chi connectivity index (χ2n) is 8.65. The number of piperidine rings is 1. The highest BCUT2D eigenvalue weighted by molar-refractivity contribution is 6.05. The van der Waals surface area contributed by atoms with Crippen molar-refractivity contribution in [2.24, 2.45) is 5.92 Å². The van der Waals surface area contributed by atoms with E-state index in [1.165, 1.54) is 0 Å². The Balaban J connectivity index is 1.55. The quantitative estimate of drug-likeness (QED) is 0.811. The second-order valence-corrected chi connectivity index (χ2v) is 8.65. The molecule has 2 fully saturated rings. The first kappa shape index (κ1) is 19.9. The van der Waals surface area contributed by atoms with Crippen molar-refractivity contribution < 1.29 is 9.59 Å². The summed E-state index contributed by atoms with van der Waals surface area (Å²) in [4.78, 5) is 32.4. The van der Waals surface area contributed by atoms with Crippen LogP contribution < -0.4 is 5.32 Å². The first-order valence-electron chi connectivity index (χ1n) is 10.9. The van der Waals surface area contributed by atoms with Gasteiger partial charge in [-0.05, 0) is 52.0 Å². The highest BCUT2D eigenvalue weighted by Gasteiger charge is 2.31. The van der Waals surface area contributed by atoms with Crippen LogP contribution in [0.25, 0.3) is 11.0 Å². The van der Waals surface area contributed by atoms with Gasteiger partial charge in [0.05, 0.1) is 17.1 Å². The molecule has 2 aromatic heterocycles. The lowest BCUT2D eigenvalue weighted by Gasteiger charge is -2.31. The van der Waals surface area contributed by atoms with Crippen molar-refractivity contribution in [2.75, 3.05) is 19.6 Å². The van der Waals surface area contributed by atoms with Crippen molar-refractivity contribution in [2.45, 2.75) is 64.8 Å². The zero-order valence-corrected chi connectivity index (χ0v) is 17.6. The van der Waals surface area contributed by atoms with Crippen LogP contribution in [-0.4, -0.2) is 51.1 Å². The van der Waals surface area contributed by atoms with Crippen LogP contribution >= 0.6 is 0 Å². The molecule has 0 aromatic carbocycles. The molecule has 4 rings (SSSR count). The number of hydrogen-bond acceptors (Lipinski definition) is 4. The monoisotopic (exact) mass is 397 g/mol. The highest BCUT2D eigenvalue weighted by atomic mass is 16.2. The average molecular weight is 398 g/mol. The molecule has 2 amide bonds. The van der Waals surface area contributed by atoms with E-state index in [2.05, 4.69) is 24.3 Å². The standard InChI is InChI=1S/C22H31N5O2/c1-4-9-23-21(28)16-7-10-26(11-8-16)22(29)17-12-19(15-5-6-15)25-20-18(17)13-24-27(20)14(2)3/h12-16H,4-11H2,1-3H3,(H,23,28). The molecule has 29 heavy (non-hydrogen) atoms. The van der Waals surface area contributed by atoms with Crippen molar-refractivity contribution >= 4 is 22.8 Å². The summed E-state index contributed by atoms with van der Waals surface area (Å²) in [5.41, 5.74) is 2.52. The fourth-order valence-corrected chi connectivity index (χ4v) is 4.09. The molecule has 7 heteroatoms. The molecule has 0 atom stereocenters. The number of hydrogen-bond donors (Lipinski definition) is 1. The Morgan fingerprint density at radius 2 is 1.93 bits per heavy atom. The van der Waals surface area contributed by atoms with Gasteiger partial charge >= 0.3 is 0 Å². The minimum absolute atomic E-state index is 0.00813. The van der Waals surface area contributed by atoms with Gasteiger partial charge in [0, 0.05) is 43.2 Å². The Morgan fingerprint density at radius 1 is 1.21 bits per heavy atom. The molecule has 0 spiro atoms. The van der Waals surface area contributed by atoms with Crippen LogP contribution in [0.4, 0.5) is 0 Å². The third-order valence-corrected chi connectivity index (χ3v) is 6.00. The molecule has 7 nitrogen and oxygen atoms in total. The maximum atomic E-state index is 13.4. The Morgan fingerprint density at radius 3 is 2.55 bits per heavy atom. The van der Waals surface area contributed by atoms with Gasteiger partial charge in [0.1, 0.15) is 0 Å². The molecule has 2 aromatic rings. The van der Waals surface area contributed by atoms with Crippen molar-refractivity contribution in [3.05, 3.63) is 23.5 Å². The van der Waals surface area contributed by atoms with Gasteiger partial charge in [-0.2, -0.15) is 5.10 Å². The number of pyridine rings is 1. The molecule has 156 valence electrons.